The zero-order chi connectivity index (χ0) is 15.4. The Balaban J connectivity index is 4.18. The van der Waals surface area contributed by atoms with Crippen molar-refractivity contribution in [1.29, 1.82) is 0 Å². The van der Waals surface area contributed by atoms with Gasteiger partial charge < -0.3 is 10.6 Å². The first-order valence-electron chi connectivity index (χ1n) is 8.60. The van der Waals surface area contributed by atoms with E-state index >= 15 is 0 Å². The average Bonchev–Trinajstić information content (AvgIpc) is 2.42. The summed E-state index contributed by atoms with van der Waals surface area (Å²) in [4.78, 5) is 4.86. The summed E-state index contributed by atoms with van der Waals surface area (Å²) in [5.41, 5.74) is 6.29. The van der Waals surface area contributed by atoms with Crippen LogP contribution in [0.25, 0.3) is 0 Å². The van der Waals surface area contributed by atoms with E-state index in [1.54, 1.807) is 0 Å². The van der Waals surface area contributed by atoms with E-state index in [0.29, 0.717) is 0 Å². The van der Waals surface area contributed by atoms with E-state index in [4.69, 9.17) is 5.73 Å². The van der Waals surface area contributed by atoms with Crippen molar-refractivity contribution in [3.63, 3.8) is 0 Å². The monoisotopic (exact) mass is 285 g/mol. The first-order chi connectivity index (χ1) is 9.50. The fourth-order valence-corrected chi connectivity index (χ4v) is 2.89. The van der Waals surface area contributed by atoms with E-state index in [0.717, 1.165) is 26.2 Å². The lowest BCUT2D eigenvalue weighted by Gasteiger charge is -2.40. The van der Waals surface area contributed by atoms with E-state index in [1.165, 1.54) is 44.9 Å². The van der Waals surface area contributed by atoms with Gasteiger partial charge in [-0.25, -0.2) is 0 Å². The van der Waals surface area contributed by atoms with Crippen LogP contribution in [-0.2, 0) is 0 Å². The Hall–Kier alpha value is -0.120. The van der Waals surface area contributed by atoms with Crippen molar-refractivity contribution in [2.24, 2.45) is 5.73 Å². The summed E-state index contributed by atoms with van der Waals surface area (Å²) in [5, 5.41) is 0. The molecule has 3 heteroatoms. The Labute approximate surface area is 127 Å². The van der Waals surface area contributed by atoms with E-state index in [2.05, 4.69) is 44.7 Å². The topological polar surface area (TPSA) is 32.5 Å². The van der Waals surface area contributed by atoms with Gasteiger partial charge in [-0.05, 0) is 53.5 Å². The molecule has 0 aromatic heterocycles. The van der Waals surface area contributed by atoms with Gasteiger partial charge in [0.25, 0.3) is 0 Å². The van der Waals surface area contributed by atoms with Gasteiger partial charge in [-0.1, -0.05) is 46.0 Å². The van der Waals surface area contributed by atoms with Crippen molar-refractivity contribution >= 4 is 0 Å². The molecule has 1 unspecified atom stereocenters. The third-order valence-corrected chi connectivity index (χ3v) is 4.44. The fraction of sp³-hybridized carbons (Fsp3) is 1.00. The van der Waals surface area contributed by atoms with Crippen LogP contribution in [0, 0.1) is 0 Å². The first kappa shape index (κ1) is 19.9. The summed E-state index contributed by atoms with van der Waals surface area (Å²) in [7, 11) is 4.29. The molecular weight excluding hydrogens is 246 g/mol. The molecule has 20 heavy (non-hydrogen) atoms. The molecule has 0 aromatic carbocycles. The standard InChI is InChI=1S/C17H39N3/c1-6-8-9-10-11-13-17(3,16-18)20(7-2)15-12-14-19(4)5/h6-16,18H2,1-5H3. The molecule has 0 amide bonds. The van der Waals surface area contributed by atoms with Gasteiger partial charge >= 0.3 is 0 Å². The lowest BCUT2D eigenvalue weighted by Crippen LogP contribution is -2.52. The first-order valence-corrected chi connectivity index (χ1v) is 8.60. The Kier molecular flexibility index (Phi) is 11.5. The van der Waals surface area contributed by atoms with Gasteiger partial charge in [0, 0.05) is 12.1 Å². The number of nitrogens with two attached hydrogens (primary N) is 1. The van der Waals surface area contributed by atoms with Gasteiger partial charge in [-0.2, -0.15) is 0 Å². The third kappa shape index (κ3) is 8.23. The minimum Gasteiger partial charge on any atom is -0.329 e. The zero-order valence-electron chi connectivity index (χ0n) is 14.7. The molecule has 0 bridgehead atoms. The normalized spacial score (nSPS) is 15.0. The van der Waals surface area contributed by atoms with Crippen LogP contribution in [0.1, 0.15) is 65.7 Å². The fourth-order valence-electron chi connectivity index (χ4n) is 2.89. The molecular formula is C17H39N3. The molecule has 1 atom stereocenters. The van der Waals surface area contributed by atoms with Crippen LogP contribution in [0.2, 0.25) is 0 Å². The van der Waals surface area contributed by atoms with Crippen molar-refractivity contribution in [2.45, 2.75) is 71.3 Å². The highest BCUT2D eigenvalue weighted by Crippen LogP contribution is 2.22. The molecule has 0 aliphatic heterocycles. The van der Waals surface area contributed by atoms with Gasteiger partial charge in [-0.3, -0.25) is 4.90 Å². The number of unbranched alkanes of at least 4 members (excludes halogenated alkanes) is 4. The summed E-state index contributed by atoms with van der Waals surface area (Å²) in [5.74, 6) is 0. The lowest BCUT2D eigenvalue weighted by molar-refractivity contribution is 0.100. The molecule has 0 saturated heterocycles. The minimum atomic E-state index is 0.188. The van der Waals surface area contributed by atoms with E-state index in [-0.39, 0.29) is 5.54 Å². The number of nitrogens with zero attached hydrogens (tertiary/aromatic N) is 2. The maximum absolute atomic E-state index is 6.10. The van der Waals surface area contributed by atoms with Crippen LogP contribution in [0.15, 0.2) is 0 Å². The number of likely N-dealkylation sites (N-methyl/N-ethyl adjacent to an activating group) is 1. The molecule has 3 nitrogen and oxygen atoms in total. The highest BCUT2D eigenvalue weighted by Gasteiger charge is 2.28. The van der Waals surface area contributed by atoms with Crippen molar-refractivity contribution in [3.8, 4) is 0 Å². The van der Waals surface area contributed by atoms with Gasteiger partial charge in [-0.15, -0.1) is 0 Å². The molecule has 0 heterocycles. The number of hydrogen-bond donors (Lipinski definition) is 1. The second kappa shape index (κ2) is 11.5. The molecule has 122 valence electrons. The van der Waals surface area contributed by atoms with E-state index in [1.807, 2.05) is 0 Å². The van der Waals surface area contributed by atoms with Gasteiger partial charge in [0.05, 0.1) is 0 Å². The zero-order valence-corrected chi connectivity index (χ0v) is 14.7. The highest BCUT2D eigenvalue weighted by molar-refractivity contribution is 4.87. The smallest absolute Gasteiger partial charge is 0.0303 e. The van der Waals surface area contributed by atoms with Crippen LogP contribution in [0.3, 0.4) is 0 Å². The Morgan fingerprint density at radius 2 is 1.55 bits per heavy atom. The summed E-state index contributed by atoms with van der Waals surface area (Å²) >= 11 is 0. The summed E-state index contributed by atoms with van der Waals surface area (Å²) < 4.78 is 0. The summed E-state index contributed by atoms with van der Waals surface area (Å²) in [6.45, 7) is 11.1. The molecule has 0 aliphatic rings. The molecule has 0 radical (unpaired) electrons. The molecule has 0 aromatic rings. The maximum Gasteiger partial charge on any atom is 0.0303 e. The molecule has 0 rings (SSSR count). The van der Waals surface area contributed by atoms with Crippen LogP contribution < -0.4 is 5.73 Å². The second-order valence-electron chi connectivity index (χ2n) is 6.60. The van der Waals surface area contributed by atoms with Gasteiger partial charge in [0.15, 0.2) is 0 Å². The Bertz CT molecular complexity index is 218. The van der Waals surface area contributed by atoms with Crippen molar-refractivity contribution in [3.05, 3.63) is 0 Å². The minimum absolute atomic E-state index is 0.188. The predicted molar refractivity (Wildman–Crippen MR) is 91.3 cm³/mol. The molecule has 0 fully saturated rings. The molecule has 2 N–H and O–H groups in total. The van der Waals surface area contributed by atoms with Crippen molar-refractivity contribution in [1.82, 2.24) is 9.80 Å². The Morgan fingerprint density at radius 1 is 0.900 bits per heavy atom. The second-order valence-corrected chi connectivity index (χ2v) is 6.60. The van der Waals surface area contributed by atoms with Crippen molar-refractivity contribution < 1.29 is 0 Å². The van der Waals surface area contributed by atoms with Crippen LogP contribution >= 0.6 is 0 Å². The van der Waals surface area contributed by atoms with Crippen LogP contribution in [0.5, 0.6) is 0 Å². The third-order valence-electron chi connectivity index (χ3n) is 4.44. The van der Waals surface area contributed by atoms with Crippen molar-refractivity contribution in [2.75, 3.05) is 40.3 Å². The number of rotatable bonds is 13. The van der Waals surface area contributed by atoms with E-state index < -0.39 is 0 Å². The largest absolute Gasteiger partial charge is 0.329 e. The maximum atomic E-state index is 6.10. The Morgan fingerprint density at radius 3 is 2.05 bits per heavy atom. The van der Waals surface area contributed by atoms with Gasteiger partial charge in [0.1, 0.15) is 0 Å². The van der Waals surface area contributed by atoms with Crippen LogP contribution in [0.4, 0.5) is 0 Å². The van der Waals surface area contributed by atoms with Crippen LogP contribution in [-0.4, -0.2) is 55.6 Å². The lowest BCUT2D eigenvalue weighted by atomic mass is 9.91. The summed E-state index contributed by atoms with van der Waals surface area (Å²) in [6.07, 6.45) is 9.22. The predicted octanol–water partition coefficient (Wildman–Crippen LogP) is 3.34. The average molecular weight is 286 g/mol. The molecule has 0 spiro atoms. The summed E-state index contributed by atoms with van der Waals surface area (Å²) in [6, 6.07) is 0. The highest BCUT2D eigenvalue weighted by atomic mass is 15.2. The quantitative estimate of drug-likeness (QED) is 0.527. The number of hydrogen-bond acceptors (Lipinski definition) is 3. The SMILES string of the molecule is CCCCCCCC(C)(CN)N(CC)CCCN(C)C. The van der Waals surface area contributed by atoms with E-state index in [9.17, 15) is 0 Å². The van der Waals surface area contributed by atoms with Gasteiger partial charge in [0.2, 0.25) is 0 Å². The molecule has 0 saturated carbocycles. The molecule has 0 aliphatic carbocycles.